The number of hydrogen-bond acceptors (Lipinski definition) is 4. The first kappa shape index (κ1) is 11.2. The highest BCUT2D eigenvalue weighted by atomic mass is 16.1. The topological polar surface area (TPSA) is 54.9 Å². The fraction of sp³-hybridized carbons (Fsp3) is 0.583. The van der Waals surface area contributed by atoms with Crippen LogP contribution in [-0.2, 0) is 0 Å². The number of hydrogen-bond donors (Lipinski definition) is 1. The maximum Gasteiger partial charge on any atom is 0.184 e. The molecule has 2 heterocycles. The third-order valence-corrected chi connectivity index (χ3v) is 2.99. The molecular weight excluding hydrogens is 202 g/mol. The Morgan fingerprint density at radius 2 is 2.38 bits per heavy atom. The van der Waals surface area contributed by atoms with Crippen molar-refractivity contribution < 1.29 is 4.79 Å². The Morgan fingerprint density at radius 1 is 1.50 bits per heavy atom. The largest absolute Gasteiger partial charge is 0.311 e. The minimum Gasteiger partial charge on any atom is -0.311 e. The molecule has 0 spiro atoms. The Labute approximate surface area is 95.5 Å². The van der Waals surface area contributed by atoms with E-state index < -0.39 is 0 Å². The van der Waals surface area contributed by atoms with Crippen molar-refractivity contribution in [2.24, 2.45) is 0 Å². The third kappa shape index (κ3) is 2.85. The van der Waals surface area contributed by atoms with Crippen LogP contribution in [0.2, 0.25) is 0 Å². The molecule has 1 aromatic heterocycles. The summed E-state index contributed by atoms with van der Waals surface area (Å²) >= 11 is 0. The molecule has 2 rings (SSSR count). The van der Waals surface area contributed by atoms with Gasteiger partial charge in [0.2, 0.25) is 0 Å². The fourth-order valence-corrected chi connectivity index (χ4v) is 2.17. The molecule has 0 bridgehead atoms. The summed E-state index contributed by atoms with van der Waals surface area (Å²) in [6.45, 7) is 2.17. The Kier molecular flexibility index (Phi) is 3.62. The van der Waals surface area contributed by atoms with E-state index in [1.54, 1.807) is 12.4 Å². The Bertz CT molecular complexity index is 353. The first-order valence-corrected chi connectivity index (χ1v) is 5.81. The molecule has 16 heavy (non-hydrogen) atoms. The average molecular weight is 219 g/mol. The van der Waals surface area contributed by atoms with Gasteiger partial charge in [0.25, 0.3) is 0 Å². The highest BCUT2D eigenvalue weighted by molar-refractivity contribution is 5.94. The highest BCUT2D eigenvalue weighted by Crippen LogP contribution is 2.16. The van der Waals surface area contributed by atoms with Crippen molar-refractivity contribution in [3.8, 4) is 0 Å². The summed E-state index contributed by atoms with van der Waals surface area (Å²) in [5.41, 5.74) is 0.475. The molecule has 4 heteroatoms. The van der Waals surface area contributed by atoms with Gasteiger partial charge in [0.1, 0.15) is 5.69 Å². The summed E-state index contributed by atoms with van der Waals surface area (Å²) in [7, 11) is 0. The molecule has 1 fully saturated rings. The minimum absolute atomic E-state index is 0.0831. The summed E-state index contributed by atoms with van der Waals surface area (Å²) in [5, 5.41) is 3.45. The number of aromatic nitrogens is 2. The molecule has 1 aliphatic rings. The van der Waals surface area contributed by atoms with Gasteiger partial charge >= 0.3 is 0 Å². The monoisotopic (exact) mass is 219 g/mol. The third-order valence-electron chi connectivity index (χ3n) is 2.99. The molecular formula is C12H17N3O. The molecule has 1 aromatic rings. The van der Waals surface area contributed by atoms with Crippen LogP contribution in [0.4, 0.5) is 0 Å². The first-order valence-electron chi connectivity index (χ1n) is 5.81. The predicted molar refractivity (Wildman–Crippen MR) is 61.2 cm³/mol. The van der Waals surface area contributed by atoms with Gasteiger partial charge in [-0.1, -0.05) is 6.42 Å². The molecule has 4 nitrogen and oxygen atoms in total. The number of carbonyl (C=O) groups is 1. The lowest BCUT2D eigenvalue weighted by Crippen LogP contribution is -2.41. The van der Waals surface area contributed by atoms with E-state index in [1.807, 2.05) is 0 Å². The van der Waals surface area contributed by atoms with Gasteiger partial charge in [-0.3, -0.25) is 9.78 Å². The Balaban J connectivity index is 1.92. The zero-order valence-corrected chi connectivity index (χ0v) is 9.52. The van der Waals surface area contributed by atoms with Crippen molar-refractivity contribution >= 4 is 5.78 Å². The molecule has 2 unspecified atom stereocenters. The quantitative estimate of drug-likeness (QED) is 0.784. The Morgan fingerprint density at radius 3 is 3.06 bits per heavy atom. The summed E-state index contributed by atoms with van der Waals surface area (Å²) < 4.78 is 0. The van der Waals surface area contributed by atoms with Crippen molar-refractivity contribution in [3.05, 3.63) is 24.3 Å². The smallest absolute Gasteiger partial charge is 0.184 e. The fourth-order valence-electron chi connectivity index (χ4n) is 2.17. The molecule has 1 saturated heterocycles. The van der Waals surface area contributed by atoms with Crippen molar-refractivity contribution in [1.29, 1.82) is 0 Å². The van der Waals surface area contributed by atoms with Gasteiger partial charge in [0.05, 0.1) is 6.20 Å². The second-order valence-electron chi connectivity index (χ2n) is 4.41. The van der Waals surface area contributed by atoms with Crippen LogP contribution >= 0.6 is 0 Å². The van der Waals surface area contributed by atoms with Gasteiger partial charge in [0.15, 0.2) is 5.78 Å². The maximum atomic E-state index is 11.9. The number of nitrogens with one attached hydrogen (secondary N) is 1. The summed E-state index contributed by atoms with van der Waals surface area (Å²) in [6.07, 6.45) is 8.69. The van der Waals surface area contributed by atoms with E-state index in [-0.39, 0.29) is 5.78 Å². The van der Waals surface area contributed by atoms with Crippen LogP contribution in [0.5, 0.6) is 0 Å². The molecule has 2 atom stereocenters. The molecule has 0 aromatic carbocycles. The second kappa shape index (κ2) is 5.16. The van der Waals surface area contributed by atoms with Crippen LogP contribution in [0.1, 0.15) is 43.1 Å². The van der Waals surface area contributed by atoms with Crippen LogP contribution < -0.4 is 5.32 Å². The lowest BCUT2D eigenvalue weighted by Gasteiger charge is -2.28. The van der Waals surface area contributed by atoms with Gasteiger partial charge in [-0.15, -0.1) is 0 Å². The Hall–Kier alpha value is -1.29. The first-order chi connectivity index (χ1) is 7.75. The average Bonchev–Trinajstić information content (AvgIpc) is 2.30. The lowest BCUT2D eigenvalue weighted by molar-refractivity contribution is 0.0954. The van der Waals surface area contributed by atoms with Gasteiger partial charge in [-0.05, 0) is 19.8 Å². The summed E-state index contributed by atoms with van der Waals surface area (Å²) in [4.78, 5) is 19.8. The molecule has 0 amide bonds. The van der Waals surface area contributed by atoms with Gasteiger partial charge < -0.3 is 5.32 Å². The lowest BCUT2D eigenvalue weighted by atomic mass is 9.95. The zero-order valence-electron chi connectivity index (χ0n) is 9.52. The van der Waals surface area contributed by atoms with E-state index in [2.05, 4.69) is 22.2 Å². The normalized spacial score (nSPS) is 25.3. The van der Waals surface area contributed by atoms with Crippen LogP contribution in [0, 0.1) is 0 Å². The minimum atomic E-state index is 0.0831. The molecule has 1 aliphatic heterocycles. The number of piperidine rings is 1. The van der Waals surface area contributed by atoms with Crippen LogP contribution in [0.3, 0.4) is 0 Å². The molecule has 1 N–H and O–H groups in total. The molecule has 86 valence electrons. The number of Topliss-reactive ketones (excluding diaryl/α,β-unsaturated/α-hetero) is 1. The number of ketones is 1. The predicted octanol–water partition coefficient (Wildman–Crippen LogP) is 1.58. The number of nitrogens with zero attached hydrogens (tertiary/aromatic N) is 2. The summed E-state index contributed by atoms with van der Waals surface area (Å²) in [5.74, 6) is 0.0831. The second-order valence-corrected chi connectivity index (χ2v) is 4.41. The van der Waals surface area contributed by atoms with Gasteiger partial charge in [0, 0.05) is 30.9 Å². The van der Waals surface area contributed by atoms with Crippen molar-refractivity contribution in [2.75, 3.05) is 0 Å². The van der Waals surface area contributed by atoms with E-state index in [0.717, 1.165) is 6.42 Å². The van der Waals surface area contributed by atoms with Crippen LogP contribution in [-0.4, -0.2) is 27.8 Å². The van der Waals surface area contributed by atoms with Crippen molar-refractivity contribution in [2.45, 2.75) is 44.7 Å². The molecule has 0 saturated carbocycles. The number of carbonyl (C=O) groups excluding carboxylic acids is 1. The van der Waals surface area contributed by atoms with Crippen molar-refractivity contribution in [1.82, 2.24) is 15.3 Å². The maximum absolute atomic E-state index is 11.9. The summed E-state index contributed by atoms with van der Waals surface area (Å²) in [6, 6.07) is 0.826. The SMILES string of the molecule is CC1CCCC(CC(=O)c2cnccn2)N1. The van der Waals surface area contributed by atoms with E-state index in [9.17, 15) is 4.79 Å². The van der Waals surface area contributed by atoms with Gasteiger partial charge in [-0.2, -0.15) is 0 Å². The van der Waals surface area contributed by atoms with E-state index >= 15 is 0 Å². The molecule has 0 aliphatic carbocycles. The van der Waals surface area contributed by atoms with E-state index in [0.29, 0.717) is 24.2 Å². The van der Waals surface area contributed by atoms with Crippen LogP contribution in [0.15, 0.2) is 18.6 Å². The van der Waals surface area contributed by atoms with Crippen LogP contribution in [0.25, 0.3) is 0 Å². The van der Waals surface area contributed by atoms with E-state index in [1.165, 1.54) is 19.0 Å². The highest BCUT2D eigenvalue weighted by Gasteiger charge is 2.21. The van der Waals surface area contributed by atoms with Gasteiger partial charge in [-0.25, -0.2) is 4.98 Å². The standard InChI is InChI=1S/C12H17N3O/c1-9-3-2-4-10(15-9)7-12(16)11-8-13-5-6-14-11/h5-6,8-10,15H,2-4,7H2,1H3. The van der Waals surface area contributed by atoms with Crippen molar-refractivity contribution in [3.63, 3.8) is 0 Å². The van der Waals surface area contributed by atoms with E-state index in [4.69, 9.17) is 0 Å². The molecule has 0 radical (unpaired) electrons. The number of rotatable bonds is 3. The zero-order chi connectivity index (χ0) is 11.4.